The summed E-state index contributed by atoms with van der Waals surface area (Å²) in [7, 11) is 1.83. The molecule has 0 fully saturated rings. The second-order valence-corrected chi connectivity index (χ2v) is 5.22. The van der Waals surface area contributed by atoms with Crippen LogP contribution in [-0.4, -0.2) is 39.9 Å². The number of fused-ring (bicyclic) bond motifs is 1. The van der Waals surface area contributed by atoms with E-state index in [1.807, 2.05) is 17.8 Å². The molecule has 0 aliphatic carbocycles. The lowest BCUT2D eigenvalue weighted by atomic mass is 9.94. The summed E-state index contributed by atoms with van der Waals surface area (Å²) in [6.07, 6.45) is 0. The van der Waals surface area contributed by atoms with Crippen LogP contribution in [-0.2, 0) is 6.54 Å². The number of amides is 1. The van der Waals surface area contributed by atoms with Crippen molar-refractivity contribution < 1.29 is 4.79 Å². The lowest BCUT2D eigenvalue weighted by Crippen LogP contribution is -2.37. The molecule has 0 N–H and O–H groups in total. The molecule has 1 aromatic heterocycles. The highest BCUT2D eigenvalue weighted by atomic mass is 32.1. The standard InChI is InChI=1S/C12H19N3OS/c1-8(7-17)9(2)10-6-11-12(16)14(3)4-5-15(11)13-10/h6,8-9,17H,4-5,7H2,1-3H3. The summed E-state index contributed by atoms with van der Waals surface area (Å²) >= 11 is 4.32. The van der Waals surface area contributed by atoms with Gasteiger partial charge in [0.2, 0.25) is 0 Å². The van der Waals surface area contributed by atoms with Gasteiger partial charge in [-0.3, -0.25) is 9.48 Å². The first kappa shape index (κ1) is 12.5. The molecule has 0 saturated heterocycles. The first-order valence-corrected chi connectivity index (χ1v) is 6.62. The summed E-state index contributed by atoms with van der Waals surface area (Å²) in [4.78, 5) is 13.7. The molecule has 4 nitrogen and oxygen atoms in total. The van der Waals surface area contributed by atoms with Crippen LogP contribution in [0.2, 0.25) is 0 Å². The molecule has 5 heteroatoms. The van der Waals surface area contributed by atoms with Gasteiger partial charge in [-0.05, 0) is 17.7 Å². The molecule has 0 spiro atoms. The van der Waals surface area contributed by atoms with E-state index >= 15 is 0 Å². The largest absolute Gasteiger partial charge is 0.339 e. The Bertz CT molecular complexity index is 429. The predicted octanol–water partition coefficient (Wildman–Crippen LogP) is 1.64. The number of hydrogen-bond donors (Lipinski definition) is 1. The van der Waals surface area contributed by atoms with Crippen LogP contribution in [0.4, 0.5) is 0 Å². The maximum Gasteiger partial charge on any atom is 0.271 e. The predicted molar refractivity (Wildman–Crippen MR) is 70.6 cm³/mol. The Labute approximate surface area is 107 Å². The van der Waals surface area contributed by atoms with Gasteiger partial charge in [-0.1, -0.05) is 13.8 Å². The van der Waals surface area contributed by atoms with E-state index in [9.17, 15) is 4.79 Å². The summed E-state index contributed by atoms with van der Waals surface area (Å²) in [5.41, 5.74) is 1.72. The van der Waals surface area contributed by atoms with Crippen molar-refractivity contribution in [3.8, 4) is 0 Å². The first-order valence-electron chi connectivity index (χ1n) is 5.98. The van der Waals surface area contributed by atoms with Crippen molar-refractivity contribution in [3.05, 3.63) is 17.5 Å². The molecule has 1 amide bonds. The highest BCUT2D eigenvalue weighted by molar-refractivity contribution is 7.80. The zero-order valence-electron chi connectivity index (χ0n) is 10.6. The molecular weight excluding hydrogens is 234 g/mol. The molecule has 2 unspecified atom stereocenters. The number of carbonyl (C=O) groups is 1. The fourth-order valence-corrected chi connectivity index (χ4v) is 2.31. The topological polar surface area (TPSA) is 38.1 Å². The number of carbonyl (C=O) groups excluding carboxylic acids is 1. The van der Waals surface area contributed by atoms with Crippen molar-refractivity contribution >= 4 is 18.5 Å². The van der Waals surface area contributed by atoms with Crippen LogP contribution in [0, 0.1) is 5.92 Å². The van der Waals surface area contributed by atoms with Crippen molar-refractivity contribution in [2.75, 3.05) is 19.3 Å². The van der Waals surface area contributed by atoms with E-state index in [0.717, 1.165) is 24.5 Å². The molecule has 0 bridgehead atoms. The molecule has 2 atom stereocenters. The highest BCUT2D eigenvalue weighted by Crippen LogP contribution is 2.25. The lowest BCUT2D eigenvalue weighted by Gasteiger charge is -2.22. The summed E-state index contributed by atoms with van der Waals surface area (Å²) in [5, 5.41) is 4.54. The second-order valence-electron chi connectivity index (χ2n) is 4.85. The third-order valence-electron chi connectivity index (χ3n) is 3.62. The van der Waals surface area contributed by atoms with Gasteiger partial charge in [-0.25, -0.2) is 0 Å². The van der Waals surface area contributed by atoms with Gasteiger partial charge < -0.3 is 4.90 Å². The molecule has 1 aromatic rings. The number of hydrogen-bond acceptors (Lipinski definition) is 3. The van der Waals surface area contributed by atoms with Crippen LogP contribution < -0.4 is 0 Å². The fourth-order valence-electron chi connectivity index (χ4n) is 1.99. The minimum atomic E-state index is 0.0701. The maximum atomic E-state index is 11.9. The van der Waals surface area contributed by atoms with Gasteiger partial charge in [0.25, 0.3) is 5.91 Å². The SMILES string of the molecule is CC(CS)C(C)c1cc2n(n1)CCN(C)C2=O. The van der Waals surface area contributed by atoms with Crippen LogP contribution in [0.1, 0.15) is 35.9 Å². The minimum absolute atomic E-state index is 0.0701. The Morgan fingerprint density at radius 3 is 2.82 bits per heavy atom. The Hall–Kier alpha value is -0.970. The van der Waals surface area contributed by atoms with Crippen molar-refractivity contribution in [1.82, 2.24) is 14.7 Å². The van der Waals surface area contributed by atoms with E-state index in [2.05, 4.69) is 31.6 Å². The van der Waals surface area contributed by atoms with E-state index in [1.165, 1.54) is 0 Å². The zero-order chi connectivity index (χ0) is 12.6. The molecule has 0 saturated carbocycles. The minimum Gasteiger partial charge on any atom is -0.339 e. The Kier molecular flexibility index (Phi) is 3.47. The lowest BCUT2D eigenvalue weighted by molar-refractivity contribution is 0.0743. The van der Waals surface area contributed by atoms with Gasteiger partial charge >= 0.3 is 0 Å². The molecule has 1 aliphatic rings. The Morgan fingerprint density at radius 2 is 2.18 bits per heavy atom. The van der Waals surface area contributed by atoms with Gasteiger partial charge in [0.1, 0.15) is 5.69 Å². The van der Waals surface area contributed by atoms with Gasteiger partial charge in [0, 0.05) is 19.5 Å². The van der Waals surface area contributed by atoms with Crippen molar-refractivity contribution in [1.29, 1.82) is 0 Å². The molecule has 17 heavy (non-hydrogen) atoms. The molecule has 2 heterocycles. The average molecular weight is 253 g/mol. The third kappa shape index (κ3) is 2.20. The van der Waals surface area contributed by atoms with Gasteiger partial charge in [0.05, 0.1) is 12.2 Å². The second kappa shape index (κ2) is 4.72. The Morgan fingerprint density at radius 1 is 1.47 bits per heavy atom. The molecular formula is C12H19N3OS. The highest BCUT2D eigenvalue weighted by Gasteiger charge is 2.26. The first-order chi connectivity index (χ1) is 8.04. The van der Waals surface area contributed by atoms with Crippen molar-refractivity contribution in [3.63, 3.8) is 0 Å². The maximum absolute atomic E-state index is 11.9. The number of rotatable bonds is 3. The fraction of sp³-hybridized carbons (Fsp3) is 0.667. The van der Waals surface area contributed by atoms with Crippen molar-refractivity contribution in [2.24, 2.45) is 5.92 Å². The summed E-state index contributed by atoms with van der Waals surface area (Å²) < 4.78 is 1.83. The quantitative estimate of drug-likeness (QED) is 0.832. The molecule has 0 radical (unpaired) electrons. The average Bonchev–Trinajstić information content (AvgIpc) is 2.76. The van der Waals surface area contributed by atoms with E-state index in [0.29, 0.717) is 17.5 Å². The molecule has 1 aliphatic heterocycles. The van der Waals surface area contributed by atoms with Crippen LogP contribution in [0.5, 0.6) is 0 Å². The van der Waals surface area contributed by atoms with Crippen LogP contribution in [0.25, 0.3) is 0 Å². The number of aromatic nitrogens is 2. The zero-order valence-corrected chi connectivity index (χ0v) is 11.4. The number of likely N-dealkylation sites (N-methyl/N-ethyl adjacent to an activating group) is 1. The molecule has 94 valence electrons. The normalized spacial score (nSPS) is 19.1. The molecule has 2 rings (SSSR count). The van der Waals surface area contributed by atoms with Crippen LogP contribution in [0.15, 0.2) is 6.07 Å². The van der Waals surface area contributed by atoms with E-state index in [1.54, 1.807) is 4.90 Å². The van der Waals surface area contributed by atoms with E-state index in [-0.39, 0.29) is 5.91 Å². The Balaban J connectivity index is 2.29. The summed E-state index contributed by atoms with van der Waals surface area (Å²) in [6, 6.07) is 1.93. The molecule has 0 aromatic carbocycles. The number of thiol groups is 1. The van der Waals surface area contributed by atoms with Crippen molar-refractivity contribution in [2.45, 2.75) is 26.3 Å². The smallest absolute Gasteiger partial charge is 0.271 e. The summed E-state index contributed by atoms with van der Waals surface area (Å²) in [6.45, 7) is 5.83. The van der Waals surface area contributed by atoms with Crippen LogP contribution in [0.3, 0.4) is 0 Å². The third-order valence-corrected chi connectivity index (χ3v) is 4.20. The van der Waals surface area contributed by atoms with Crippen LogP contribution >= 0.6 is 12.6 Å². The summed E-state index contributed by atoms with van der Waals surface area (Å²) in [5.74, 6) is 1.70. The van der Waals surface area contributed by atoms with Gasteiger partial charge in [0.15, 0.2) is 0 Å². The van der Waals surface area contributed by atoms with Gasteiger partial charge in [-0.15, -0.1) is 0 Å². The van der Waals surface area contributed by atoms with Gasteiger partial charge in [-0.2, -0.15) is 17.7 Å². The van der Waals surface area contributed by atoms with E-state index in [4.69, 9.17) is 0 Å². The van der Waals surface area contributed by atoms with E-state index < -0.39 is 0 Å². The number of nitrogens with zero attached hydrogens (tertiary/aromatic N) is 3. The monoisotopic (exact) mass is 253 g/mol.